The maximum Gasteiger partial charge on any atom is 0.279 e. The molecule has 0 spiro atoms. The summed E-state index contributed by atoms with van der Waals surface area (Å²) in [6.07, 6.45) is -0.821. The van der Waals surface area contributed by atoms with Crippen LogP contribution in [0, 0.1) is 12.3 Å². The van der Waals surface area contributed by atoms with Crippen molar-refractivity contribution in [2.75, 3.05) is 26.0 Å². The number of aryl methyl sites for hydroxylation is 1. The molecule has 3 rings (SSSR count). The zero-order chi connectivity index (χ0) is 28.3. The van der Waals surface area contributed by atoms with Crippen LogP contribution in [-0.2, 0) is 0 Å². The lowest BCUT2D eigenvalue weighted by Gasteiger charge is -2.23. The fourth-order valence-electron chi connectivity index (χ4n) is 3.96. The predicted octanol–water partition coefficient (Wildman–Crippen LogP) is 2.40. The summed E-state index contributed by atoms with van der Waals surface area (Å²) in [5.74, 6) is -0.589. The maximum atomic E-state index is 13.6. The van der Waals surface area contributed by atoms with E-state index >= 15 is 0 Å². The van der Waals surface area contributed by atoms with Gasteiger partial charge in [0.05, 0.1) is 12.8 Å². The standard InChI is InChI=1S/C25H36N8O4S/c1-12-8-9-18(30-24-20(23(36)31-38-24)22(26)27-13(2)11-34)29-21(12)25(37)33-15(4)17(10-19(33)35)14(3)28-16(5)32(6)7/h8-9,13,16,19,34-35H,10-11H2,1-7H3,(H2,26,27)(H,29,30)(H,31,36)/b28-14-. The summed E-state index contributed by atoms with van der Waals surface area (Å²) in [6, 6.07) is 3.01. The average molecular weight is 545 g/mol. The molecule has 0 radical (unpaired) electrons. The number of pyridine rings is 1. The molecule has 0 saturated heterocycles. The van der Waals surface area contributed by atoms with Gasteiger partial charge in [-0.3, -0.25) is 25.0 Å². The molecular weight excluding hydrogens is 508 g/mol. The molecule has 6 N–H and O–H groups in total. The van der Waals surface area contributed by atoms with Gasteiger partial charge in [0.2, 0.25) is 5.88 Å². The monoisotopic (exact) mass is 544 g/mol. The largest absolute Gasteiger partial charge is 0.492 e. The summed E-state index contributed by atoms with van der Waals surface area (Å²) in [5.41, 5.74) is 3.12. The summed E-state index contributed by atoms with van der Waals surface area (Å²) in [6.45, 7) is 8.91. The third-order valence-corrected chi connectivity index (χ3v) is 7.15. The highest BCUT2D eigenvalue weighted by atomic mass is 32.1. The van der Waals surface area contributed by atoms with Crippen molar-refractivity contribution in [2.24, 2.45) is 4.99 Å². The number of anilines is 2. The fourth-order valence-corrected chi connectivity index (χ4v) is 4.67. The average Bonchev–Trinajstić information content (AvgIpc) is 3.37. The smallest absolute Gasteiger partial charge is 0.279 e. The van der Waals surface area contributed by atoms with Gasteiger partial charge >= 0.3 is 0 Å². The second-order valence-electron chi connectivity index (χ2n) is 9.53. The number of nitrogens with one attached hydrogen (secondary N) is 3. The van der Waals surface area contributed by atoms with Gasteiger partial charge in [-0.15, -0.1) is 0 Å². The molecule has 2 aromatic heterocycles. The highest BCUT2D eigenvalue weighted by molar-refractivity contribution is 7.11. The number of nitrogens with zero attached hydrogens (tertiary/aromatic N) is 5. The lowest BCUT2D eigenvalue weighted by Crippen LogP contribution is -2.36. The van der Waals surface area contributed by atoms with Crippen molar-refractivity contribution in [3.8, 4) is 5.88 Å². The number of aliphatic hydroxyl groups excluding tert-OH is 2. The molecule has 0 saturated carbocycles. The van der Waals surface area contributed by atoms with Crippen LogP contribution < -0.4 is 10.6 Å². The molecule has 0 fully saturated rings. The number of hydrogen-bond donors (Lipinski definition) is 6. The number of rotatable bonds is 9. The van der Waals surface area contributed by atoms with Crippen molar-refractivity contribution < 1.29 is 20.1 Å². The van der Waals surface area contributed by atoms with E-state index in [9.17, 15) is 20.1 Å². The molecule has 3 atom stereocenters. The van der Waals surface area contributed by atoms with Crippen LogP contribution in [0.2, 0.25) is 0 Å². The van der Waals surface area contributed by atoms with Gasteiger partial charge in [0.15, 0.2) is 0 Å². The number of carbonyl (C=O) groups is 1. The van der Waals surface area contributed by atoms with Crippen LogP contribution >= 0.6 is 11.5 Å². The SMILES string of the molecule is CC1=C(/C(C)=N\C(C)N(C)C)CC(O)N1C(=O)c1nc(Nc2snc(O)c2C(=N)NC(C)CO)ccc1C. The van der Waals surface area contributed by atoms with Gasteiger partial charge in [-0.2, -0.15) is 4.37 Å². The molecule has 206 valence electrons. The zero-order valence-electron chi connectivity index (χ0n) is 22.7. The zero-order valence-corrected chi connectivity index (χ0v) is 23.5. The molecular formula is C25H36N8O4S. The van der Waals surface area contributed by atoms with Crippen molar-refractivity contribution in [2.45, 2.75) is 59.5 Å². The third-order valence-electron chi connectivity index (χ3n) is 6.40. The van der Waals surface area contributed by atoms with E-state index < -0.39 is 18.2 Å². The summed E-state index contributed by atoms with van der Waals surface area (Å²) in [5, 5.41) is 44.7. The van der Waals surface area contributed by atoms with E-state index in [1.54, 1.807) is 32.9 Å². The number of aliphatic hydroxyl groups is 2. The van der Waals surface area contributed by atoms with Gasteiger partial charge in [0.1, 0.15) is 34.1 Å². The van der Waals surface area contributed by atoms with Crippen LogP contribution in [0.5, 0.6) is 5.88 Å². The molecule has 3 unspecified atom stereocenters. The Morgan fingerprint density at radius 3 is 2.66 bits per heavy atom. The fraction of sp³-hybridized carbons (Fsp3) is 0.480. The number of aliphatic imine (C=N–C) groups is 1. The van der Waals surface area contributed by atoms with Gasteiger partial charge in [-0.25, -0.2) is 4.98 Å². The van der Waals surface area contributed by atoms with E-state index in [1.165, 1.54) is 4.90 Å². The second kappa shape index (κ2) is 12.0. The van der Waals surface area contributed by atoms with Crippen molar-refractivity contribution in [1.82, 2.24) is 24.5 Å². The van der Waals surface area contributed by atoms with E-state index in [4.69, 9.17) is 5.41 Å². The van der Waals surface area contributed by atoms with E-state index in [0.717, 1.165) is 22.8 Å². The number of amides is 1. The third kappa shape index (κ3) is 6.18. The van der Waals surface area contributed by atoms with Gasteiger partial charge in [-0.1, -0.05) is 6.07 Å². The Balaban J connectivity index is 1.90. The van der Waals surface area contributed by atoms with Crippen molar-refractivity contribution >= 4 is 39.8 Å². The Morgan fingerprint density at radius 2 is 2.03 bits per heavy atom. The van der Waals surface area contributed by atoms with E-state index in [2.05, 4.69) is 25.0 Å². The predicted molar refractivity (Wildman–Crippen MR) is 148 cm³/mol. The van der Waals surface area contributed by atoms with E-state index in [0.29, 0.717) is 22.1 Å². The summed E-state index contributed by atoms with van der Waals surface area (Å²) in [7, 11) is 3.87. The number of amidine groups is 1. The quantitative estimate of drug-likeness (QED) is 0.205. The van der Waals surface area contributed by atoms with Crippen LogP contribution in [0.1, 0.15) is 55.7 Å². The van der Waals surface area contributed by atoms with Crippen molar-refractivity contribution in [3.63, 3.8) is 0 Å². The van der Waals surface area contributed by atoms with E-state index in [1.807, 2.05) is 32.8 Å². The first-order chi connectivity index (χ1) is 17.8. The van der Waals surface area contributed by atoms with Crippen LogP contribution in [0.15, 0.2) is 28.4 Å². The molecule has 0 aromatic carbocycles. The Kier molecular flexibility index (Phi) is 9.20. The Hall–Kier alpha value is -3.39. The van der Waals surface area contributed by atoms with Gasteiger partial charge in [0, 0.05) is 23.9 Å². The number of allylic oxidation sites excluding steroid dienone is 1. The minimum atomic E-state index is -1.04. The molecule has 2 aromatic rings. The molecule has 1 amide bonds. The first-order valence-corrected chi connectivity index (χ1v) is 12.9. The molecule has 1 aliphatic rings. The number of aromatic nitrogens is 2. The number of aromatic hydroxyl groups is 1. The van der Waals surface area contributed by atoms with E-state index in [-0.39, 0.29) is 42.2 Å². The molecule has 3 heterocycles. The second-order valence-corrected chi connectivity index (χ2v) is 10.3. The first kappa shape index (κ1) is 29.2. The molecule has 13 heteroatoms. The summed E-state index contributed by atoms with van der Waals surface area (Å²) < 4.78 is 3.92. The number of carbonyl (C=O) groups excluding carboxylic acids is 1. The molecule has 1 aliphatic heterocycles. The van der Waals surface area contributed by atoms with Gasteiger partial charge in [0.25, 0.3) is 5.91 Å². The Morgan fingerprint density at radius 1 is 1.34 bits per heavy atom. The molecule has 0 aliphatic carbocycles. The lowest BCUT2D eigenvalue weighted by molar-refractivity contribution is 0.0333. The highest BCUT2D eigenvalue weighted by Crippen LogP contribution is 2.33. The van der Waals surface area contributed by atoms with Crippen LogP contribution in [0.25, 0.3) is 0 Å². The maximum absolute atomic E-state index is 13.6. The first-order valence-electron chi connectivity index (χ1n) is 12.2. The Bertz CT molecular complexity index is 1270. The minimum absolute atomic E-state index is 0.0523. The topological polar surface area (TPSA) is 170 Å². The summed E-state index contributed by atoms with van der Waals surface area (Å²) in [4.78, 5) is 26.1. The lowest BCUT2D eigenvalue weighted by atomic mass is 10.1. The van der Waals surface area contributed by atoms with Gasteiger partial charge in [-0.05, 0) is 77.4 Å². The van der Waals surface area contributed by atoms with Crippen LogP contribution in [0.4, 0.5) is 10.8 Å². The molecule has 12 nitrogen and oxygen atoms in total. The van der Waals surface area contributed by atoms with Crippen LogP contribution in [-0.4, -0.2) is 91.1 Å². The van der Waals surface area contributed by atoms with Gasteiger partial charge < -0.3 is 26.0 Å². The van der Waals surface area contributed by atoms with Crippen LogP contribution in [0.3, 0.4) is 0 Å². The summed E-state index contributed by atoms with van der Waals surface area (Å²) >= 11 is 0.935. The number of hydrogen-bond acceptors (Lipinski definition) is 11. The molecule has 0 bridgehead atoms. The Labute approximate surface area is 226 Å². The van der Waals surface area contributed by atoms with Crippen molar-refractivity contribution in [3.05, 3.63) is 40.2 Å². The normalized spacial score (nSPS) is 17.7. The highest BCUT2D eigenvalue weighted by Gasteiger charge is 2.35. The van der Waals surface area contributed by atoms with Crippen molar-refractivity contribution in [1.29, 1.82) is 5.41 Å². The molecule has 38 heavy (non-hydrogen) atoms. The minimum Gasteiger partial charge on any atom is -0.492 e.